The summed E-state index contributed by atoms with van der Waals surface area (Å²) in [7, 11) is 0. The molecule has 0 aliphatic heterocycles. The first-order chi connectivity index (χ1) is 14.8. The molecule has 0 saturated carbocycles. The Morgan fingerprint density at radius 2 is 1.90 bits per heavy atom. The van der Waals surface area contributed by atoms with E-state index in [1.54, 1.807) is 43.2 Å². The largest absolute Gasteiger partial charge is 0.472 e. The molecular weight excluding hydrogens is 383 g/mol. The molecule has 8 heteroatoms. The summed E-state index contributed by atoms with van der Waals surface area (Å²) in [5.74, 6) is -0.00537. The highest BCUT2D eigenvalue weighted by atomic mass is 19.1. The van der Waals surface area contributed by atoms with Crippen molar-refractivity contribution in [2.24, 2.45) is 0 Å². The number of halogens is 1. The number of rotatable bonds is 3. The molecule has 5 heterocycles. The molecule has 0 fully saturated rings. The van der Waals surface area contributed by atoms with E-state index in [2.05, 4.69) is 25.1 Å². The zero-order valence-electron chi connectivity index (χ0n) is 15.4. The predicted molar refractivity (Wildman–Crippen MR) is 110 cm³/mol. The van der Waals surface area contributed by atoms with Gasteiger partial charge < -0.3 is 9.40 Å². The van der Waals surface area contributed by atoms with Gasteiger partial charge in [0.25, 0.3) is 0 Å². The average Bonchev–Trinajstić information content (AvgIpc) is 3.53. The van der Waals surface area contributed by atoms with Gasteiger partial charge in [-0.2, -0.15) is 5.10 Å². The van der Waals surface area contributed by atoms with E-state index in [0.717, 1.165) is 22.2 Å². The molecule has 0 atom stereocenters. The highest BCUT2D eigenvalue weighted by Crippen LogP contribution is 2.34. The summed E-state index contributed by atoms with van der Waals surface area (Å²) in [5, 5.41) is 7.49. The third-order valence-electron chi connectivity index (χ3n) is 5.05. The van der Waals surface area contributed by atoms with Gasteiger partial charge in [-0.05, 0) is 24.3 Å². The molecule has 0 amide bonds. The van der Waals surface area contributed by atoms with E-state index in [1.807, 2.05) is 24.3 Å². The minimum atomic E-state index is -0.472. The van der Waals surface area contributed by atoms with Crippen molar-refractivity contribution < 1.29 is 8.81 Å². The molecule has 5 aromatic heterocycles. The summed E-state index contributed by atoms with van der Waals surface area (Å²) in [6.07, 6.45) is 8.06. The molecule has 30 heavy (non-hydrogen) atoms. The van der Waals surface area contributed by atoms with Crippen LogP contribution in [0.2, 0.25) is 0 Å². The lowest BCUT2D eigenvalue weighted by Crippen LogP contribution is -1.92. The number of imidazole rings is 1. The molecule has 0 unspecified atom stereocenters. The van der Waals surface area contributed by atoms with Crippen LogP contribution in [0.3, 0.4) is 0 Å². The first-order valence-electron chi connectivity index (χ1n) is 9.24. The van der Waals surface area contributed by atoms with Gasteiger partial charge in [-0.15, -0.1) is 0 Å². The summed E-state index contributed by atoms with van der Waals surface area (Å²) >= 11 is 0. The van der Waals surface area contributed by atoms with Crippen LogP contribution in [0.25, 0.3) is 55.8 Å². The Morgan fingerprint density at radius 1 is 0.933 bits per heavy atom. The van der Waals surface area contributed by atoms with Crippen LogP contribution in [0, 0.1) is 5.82 Å². The molecule has 144 valence electrons. The van der Waals surface area contributed by atoms with Crippen molar-refractivity contribution in [1.29, 1.82) is 0 Å². The topological polar surface area (TPSA) is 96.3 Å². The van der Waals surface area contributed by atoms with Crippen molar-refractivity contribution >= 4 is 21.9 Å². The Bertz CT molecular complexity index is 1500. The lowest BCUT2D eigenvalue weighted by Gasteiger charge is -2.03. The lowest BCUT2D eigenvalue weighted by molar-refractivity contribution is 0.568. The quantitative estimate of drug-likeness (QED) is 0.441. The van der Waals surface area contributed by atoms with Gasteiger partial charge in [-0.25, -0.2) is 9.37 Å². The maximum absolute atomic E-state index is 15.5. The molecule has 2 N–H and O–H groups in total. The number of aromatic nitrogens is 6. The predicted octanol–water partition coefficient (Wildman–Crippen LogP) is 4.96. The Labute approximate surface area is 168 Å². The van der Waals surface area contributed by atoms with Crippen LogP contribution in [0.1, 0.15) is 0 Å². The first kappa shape index (κ1) is 16.6. The number of para-hydroxylation sites is 1. The summed E-state index contributed by atoms with van der Waals surface area (Å²) in [6.45, 7) is 0. The fourth-order valence-corrected chi connectivity index (χ4v) is 3.65. The number of fused-ring (bicyclic) bond motifs is 2. The molecule has 0 spiro atoms. The summed E-state index contributed by atoms with van der Waals surface area (Å²) < 4.78 is 20.7. The number of nitrogens with one attached hydrogen (secondary N) is 2. The monoisotopic (exact) mass is 396 g/mol. The third-order valence-corrected chi connectivity index (χ3v) is 5.05. The molecule has 7 nitrogen and oxygen atoms in total. The maximum atomic E-state index is 15.5. The number of furan rings is 1. The number of aromatic amines is 2. The average molecular weight is 396 g/mol. The Morgan fingerprint density at radius 3 is 2.73 bits per heavy atom. The molecule has 6 rings (SSSR count). The highest BCUT2D eigenvalue weighted by molar-refractivity contribution is 5.98. The zero-order chi connectivity index (χ0) is 20.1. The van der Waals surface area contributed by atoms with Crippen molar-refractivity contribution in [3.05, 3.63) is 73.3 Å². The van der Waals surface area contributed by atoms with E-state index >= 15 is 4.39 Å². The number of nitrogens with zero attached hydrogens (tertiary/aromatic N) is 4. The van der Waals surface area contributed by atoms with E-state index in [1.165, 1.54) is 0 Å². The van der Waals surface area contributed by atoms with Gasteiger partial charge in [0.1, 0.15) is 11.4 Å². The molecule has 0 bridgehead atoms. The van der Waals surface area contributed by atoms with Crippen LogP contribution in [0.4, 0.5) is 4.39 Å². The summed E-state index contributed by atoms with van der Waals surface area (Å²) in [6, 6.07) is 11.2. The molecule has 0 radical (unpaired) electrons. The fourth-order valence-electron chi connectivity index (χ4n) is 3.65. The SMILES string of the molecule is Fc1c(-c2cccnc2)ncc2[nH]nc(-c3nc4c(-c5ccoc5)cccc4[nH]3)c12. The van der Waals surface area contributed by atoms with E-state index in [0.29, 0.717) is 28.0 Å². The van der Waals surface area contributed by atoms with Crippen molar-refractivity contribution in [3.8, 4) is 33.9 Å². The Hall–Kier alpha value is -4.33. The second kappa shape index (κ2) is 6.35. The first-order valence-corrected chi connectivity index (χ1v) is 9.24. The fraction of sp³-hybridized carbons (Fsp3) is 0. The van der Waals surface area contributed by atoms with Gasteiger partial charge in [-0.3, -0.25) is 15.1 Å². The van der Waals surface area contributed by atoms with Gasteiger partial charge in [0.15, 0.2) is 11.6 Å². The minimum absolute atomic E-state index is 0.216. The Kier molecular flexibility index (Phi) is 3.51. The van der Waals surface area contributed by atoms with Gasteiger partial charge >= 0.3 is 0 Å². The lowest BCUT2D eigenvalue weighted by atomic mass is 10.1. The second-order valence-electron chi connectivity index (χ2n) is 6.82. The molecule has 0 saturated heterocycles. The maximum Gasteiger partial charge on any atom is 0.161 e. The smallest absolute Gasteiger partial charge is 0.161 e. The van der Waals surface area contributed by atoms with Crippen LogP contribution >= 0.6 is 0 Å². The number of hydrogen-bond acceptors (Lipinski definition) is 5. The highest BCUT2D eigenvalue weighted by Gasteiger charge is 2.21. The standard InChI is InChI=1S/C22H13FN6O/c23-18-17-16(10-25-19(18)12-3-2-7-24-9-12)28-29-21(17)22-26-15-5-1-4-14(20(15)27-22)13-6-8-30-11-13/h1-11H,(H,26,27)(H,28,29). The van der Waals surface area contributed by atoms with Crippen LogP contribution in [-0.2, 0) is 0 Å². The zero-order valence-corrected chi connectivity index (χ0v) is 15.4. The van der Waals surface area contributed by atoms with E-state index in [9.17, 15) is 0 Å². The van der Waals surface area contributed by atoms with E-state index in [4.69, 9.17) is 9.40 Å². The molecule has 6 aromatic rings. The van der Waals surface area contributed by atoms with Crippen LogP contribution in [-0.4, -0.2) is 30.1 Å². The molecule has 0 aliphatic carbocycles. The van der Waals surface area contributed by atoms with Gasteiger partial charge in [0.2, 0.25) is 0 Å². The van der Waals surface area contributed by atoms with Crippen LogP contribution in [0.5, 0.6) is 0 Å². The van der Waals surface area contributed by atoms with Crippen molar-refractivity contribution in [3.63, 3.8) is 0 Å². The molecule has 1 aromatic carbocycles. The molecule has 0 aliphatic rings. The van der Waals surface area contributed by atoms with Gasteiger partial charge in [0, 0.05) is 29.1 Å². The van der Waals surface area contributed by atoms with Crippen molar-refractivity contribution in [1.82, 2.24) is 30.1 Å². The van der Waals surface area contributed by atoms with E-state index < -0.39 is 5.82 Å². The van der Waals surface area contributed by atoms with Crippen LogP contribution in [0.15, 0.2) is 71.9 Å². The number of hydrogen-bond donors (Lipinski definition) is 2. The van der Waals surface area contributed by atoms with Gasteiger partial charge in [-0.1, -0.05) is 12.1 Å². The minimum Gasteiger partial charge on any atom is -0.472 e. The van der Waals surface area contributed by atoms with Crippen LogP contribution < -0.4 is 0 Å². The molecular formula is C22H13FN6O. The summed E-state index contributed by atoms with van der Waals surface area (Å²) in [4.78, 5) is 16.3. The Balaban J connectivity index is 1.57. The van der Waals surface area contributed by atoms with Crippen molar-refractivity contribution in [2.45, 2.75) is 0 Å². The number of H-pyrrole nitrogens is 2. The third kappa shape index (κ3) is 2.44. The number of benzene rings is 1. The second-order valence-corrected chi connectivity index (χ2v) is 6.82. The normalized spacial score (nSPS) is 11.5. The van der Waals surface area contributed by atoms with E-state index in [-0.39, 0.29) is 5.69 Å². The van der Waals surface area contributed by atoms with Gasteiger partial charge in [0.05, 0.1) is 40.7 Å². The number of pyridine rings is 2. The summed E-state index contributed by atoms with van der Waals surface area (Å²) in [5.41, 5.74) is 5.11. The van der Waals surface area contributed by atoms with Crippen molar-refractivity contribution in [2.75, 3.05) is 0 Å².